The topological polar surface area (TPSA) is 132 Å². The number of rotatable bonds is 51. The average molecular weight is 913 g/mol. The number of phosphoric acid groups is 1. The summed E-state index contributed by atoms with van der Waals surface area (Å²) in [4.78, 5) is 22.7. The van der Waals surface area contributed by atoms with Gasteiger partial charge in [-0.25, -0.2) is 4.57 Å². The number of aliphatic hydroxyl groups excluding tert-OH is 2. The van der Waals surface area contributed by atoms with E-state index in [4.69, 9.17) is 23.6 Å². The highest BCUT2D eigenvalue weighted by atomic mass is 31.2. The van der Waals surface area contributed by atoms with Gasteiger partial charge in [-0.1, -0.05) is 211 Å². The fourth-order valence-corrected chi connectivity index (χ4v) is 8.29. The highest BCUT2D eigenvalue weighted by molar-refractivity contribution is 7.47. The molecule has 3 N–H and O–H groups in total. The smallest absolute Gasteiger partial charge is 0.457 e. The molecule has 0 aromatic rings. The number of carbonyl (C=O) groups is 1. The maximum Gasteiger partial charge on any atom is 0.472 e. The standard InChI is InChI=1S/C53H101O9P/c1-3-5-7-9-11-13-15-17-19-21-23-24-25-26-27-28-30-32-34-36-38-40-42-44-46-59-49-52(50-61-63(57,58)60-48-51(55)47-54)62-53(56)45-43-41-39-37-35-33-31-29-22-20-18-16-14-12-10-8-6-4-2/h14,16,20-23,51-52,54-55H,3-13,15,17-19,24-50H2,1-2H3,(H,57,58)/b16-14-,22-20-,23-21-. The van der Waals surface area contributed by atoms with Crippen LogP contribution >= 0.6 is 7.82 Å². The molecule has 0 aromatic carbocycles. The molecule has 10 heteroatoms. The molecule has 0 bridgehead atoms. The second-order valence-electron chi connectivity index (χ2n) is 17.9. The maximum atomic E-state index is 12.7. The fourth-order valence-electron chi connectivity index (χ4n) is 7.50. The lowest BCUT2D eigenvalue weighted by molar-refractivity contribution is -0.154. The minimum atomic E-state index is -4.53. The molecule has 0 amide bonds. The molecule has 0 aliphatic carbocycles. The van der Waals surface area contributed by atoms with Crippen LogP contribution in [-0.2, 0) is 27.9 Å². The SMILES string of the molecule is CCCCCC/C=C\C/C=C\CCCCCCCCCC(=O)OC(COCCCCCCCCCCCCCC/C=C\CCCCCCCCCC)COP(=O)(O)OCC(O)CO. The van der Waals surface area contributed by atoms with Gasteiger partial charge >= 0.3 is 13.8 Å². The van der Waals surface area contributed by atoms with Crippen molar-refractivity contribution >= 4 is 13.8 Å². The molecule has 0 aliphatic heterocycles. The number of ether oxygens (including phenoxy) is 2. The van der Waals surface area contributed by atoms with Crippen LogP contribution < -0.4 is 0 Å². The van der Waals surface area contributed by atoms with Gasteiger partial charge < -0.3 is 24.6 Å². The first-order valence-corrected chi connectivity index (χ1v) is 28.0. The second-order valence-corrected chi connectivity index (χ2v) is 19.3. The number of aliphatic hydroxyl groups is 2. The number of carbonyl (C=O) groups excluding carboxylic acids is 1. The minimum absolute atomic E-state index is 0.0477. The third kappa shape index (κ3) is 49.9. The molecule has 0 spiro atoms. The highest BCUT2D eigenvalue weighted by Gasteiger charge is 2.26. The molecule has 0 saturated carbocycles. The molecule has 0 heterocycles. The Hall–Kier alpha value is -1.32. The van der Waals surface area contributed by atoms with Gasteiger partial charge in [-0.05, 0) is 70.6 Å². The van der Waals surface area contributed by atoms with Gasteiger partial charge in [0.05, 0.1) is 26.4 Å². The number of phosphoric ester groups is 1. The van der Waals surface area contributed by atoms with Crippen LogP contribution in [0.25, 0.3) is 0 Å². The van der Waals surface area contributed by atoms with E-state index in [1.165, 1.54) is 173 Å². The quantitative estimate of drug-likeness (QED) is 0.0236. The molecule has 372 valence electrons. The Morgan fingerprint density at radius 2 is 0.857 bits per heavy atom. The van der Waals surface area contributed by atoms with E-state index >= 15 is 0 Å². The van der Waals surface area contributed by atoms with Crippen LogP contribution in [0.2, 0.25) is 0 Å². The third-order valence-electron chi connectivity index (χ3n) is 11.5. The predicted octanol–water partition coefficient (Wildman–Crippen LogP) is 15.5. The van der Waals surface area contributed by atoms with Crippen LogP contribution in [0.5, 0.6) is 0 Å². The normalized spacial score (nSPS) is 14.0. The van der Waals surface area contributed by atoms with Gasteiger partial charge in [0.1, 0.15) is 12.2 Å². The summed E-state index contributed by atoms with van der Waals surface area (Å²) in [7, 11) is -4.53. The van der Waals surface area contributed by atoms with E-state index in [2.05, 4.69) is 50.3 Å². The molecule has 3 unspecified atom stereocenters. The zero-order chi connectivity index (χ0) is 46.0. The van der Waals surface area contributed by atoms with Crippen LogP contribution in [0.4, 0.5) is 0 Å². The summed E-state index contributed by atoms with van der Waals surface area (Å²) in [6.07, 6.45) is 56.9. The summed E-state index contributed by atoms with van der Waals surface area (Å²) in [5.41, 5.74) is 0. The monoisotopic (exact) mass is 913 g/mol. The Morgan fingerprint density at radius 3 is 1.30 bits per heavy atom. The van der Waals surface area contributed by atoms with Crippen molar-refractivity contribution in [2.45, 2.75) is 264 Å². The van der Waals surface area contributed by atoms with Gasteiger partial charge in [-0.15, -0.1) is 0 Å². The van der Waals surface area contributed by atoms with Crippen LogP contribution in [0.1, 0.15) is 251 Å². The van der Waals surface area contributed by atoms with Crippen molar-refractivity contribution in [1.29, 1.82) is 0 Å². The molecule has 0 aliphatic rings. The van der Waals surface area contributed by atoms with Gasteiger partial charge in [0.2, 0.25) is 0 Å². The number of esters is 1. The zero-order valence-corrected chi connectivity index (χ0v) is 42.0. The highest BCUT2D eigenvalue weighted by Crippen LogP contribution is 2.43. The molecule has 0 rings (SSSR count). The largest absolute Gasteiger partial charge is 0.472 e. The number of hydrogen-bond donors (Lipinski definition) is 3. The molecule has 0 aromatic heterocycles. The van der Waals surface area contributed by atoms with E-state index in [9.17, 15) is 19.4 Å². The average Bonchev–Trinajstić information content (AvgIpc) is 3.28. The lowest BCUT2D eigenvalue weighted by Gasteiger charge is -2.20. The van der Waals surface area contributed by atoms with Crippen molar-refractivity contribution in [1.82, 2.24) is 0 Å². The van der Waals surface area contributed by atoms with Gasteiger partial charge in [-0.3, -0.25) is 13.8 Å². The predicted molar refractivity (Wildman–Crippen MR) is 265 cm³/mol. The molecule has 63 heavy (non-hydrogen) atoms. The molecule has 3 atom stereocenters. The van der Waals surface area contributed by atoms with E-state index in [0.717, 1.165) is 57.8 Å². The Bertz CT molecular complexity index is 1080. The Kier molecular flexibility index (Phi) is 49.1. The van der Waals surface area contributed by atoms with Crippen molar-refractivity contribution in [3.63, 3.8) is 0 Å². The summed E-state index contributed by atoms with van der Waals surface area (Å²) >= 11 is 0. The maximum absolute atomic E-state index is 12.7. The summed E-state index contributed by atoms with van der Waals surface area (Å²) in [5, 5.41) is 18.4. The lowest BCUT2D eigenvalue weighted by Crippen LogP contribution is -2.29. The molecule has 0 saturated heterocycles. The van der Waals surface area contributed by atoms with E-state index < -0.39 is 33.2 Å². The summed E-state index contributed by atoms with van der Waals surface area (Å²) in [5.74, 6) is -0.387. The van der Waals surface area contributed by atoms with Crippen LogP contribution in [-0.4, -0.2) is 66.3 Å². The van der Waals surface area contributed by atoms with Crippen molar-refractivity contribution in [2.75, 3.05) is 33.0 Å². The van der Waals surface area contributed by atoms with Crippen molar-refractivity contribution in [3.8, 4) is 0 Å². The molecular formula is C53H101O9P. The summed E-state index contributed by atoms with van der Waals surface area (Å²) < 4.78 is 33.5. The van der Waals surface area contributed by atoms with Gasteiger partial charge in [0, 0.05) is 13.0 Å². The van der Waals surface area contributed by atoms with Gasteiger partial charge in [0.15, 0.2) is 0 Å². The fraction of sp³-hybridized carbons (Fsp3) is 0.868. The van der Waals surface area contributed by atoms with Gasteiger partial charge in [-0.2, -0.15) is 0 Å². The van der Waals surface area contributed by atoms with E-state index in [-0.39, 0.29) is 25.6 Å². The van der Waals surface area contributed by atoms with Crippen molar-refractivity contribution in [3.05, 3.63) is 36.5 Å². The molecular weight excluding hydrogens is 812 g/mol. The van der Waals surface area contributed by atoms with Crippen molar-refractivity contribution in [2.24, 2.45) is 0 Å². The van der Waals surface area contributed by atoms with Crippen molar-refractivity contribution < 1.29 is 43.0 Å². The Labute approximate surface area is 388 Å². The van der Waals surface area contributed by atoms with Gasteiger partial charge in [0.25, 0.3) is 0 Å². The first-order valence-electron chi connectivity index (χ1n) is 26.5. The minimum Gasteiger partial charge on any atom is -0.457 e. The Balaban J connectivity index is 4.03. The second kappa shape index (κ2) is 50.1. The lowest BCUT2D eigenvalue weighted by atomic mass is 10.0. The number of allylic oxidation sites excluding steroid dienone is 6. The molecule has 9 nitrogen and oxygen atoms in total. The van der Waals surface area contributed by atoms with Crippen LogP contribution in [0.3, 0.4) is 0 Å². The molecule has 0 fully saturated rings. The zero-order valence-electron chi connectivity index (χ0n) is 41.1. The number of unbranched alkanes of at least 4 members (excludes halogenated alkanes) is 31. The summed E-state index contributed by atoms with van der Waals surface area (Å²) in [6.45, 7) is 3.53. The van der Waals surface area contributed by atoms with Crippen LogP contribution in [0.15, 0.2) is 36.5 Å². The molecule has 0 radical (unpaired) electrons. The van der Waals surface area contributed by atoms with Crippen LogP contribution in [0, 0.1) is 0 Å². The first kappa shape index (κ1) is 61.7. The van der Waals surface area contributed by atoms with E-state index in [0.29, 0.717) is 6.61 Å². The first-order chi connectivity index (χ1) is 30.8. The number of hydrogen-bond acceptors (Lipinski definition) is 8. The van der Waals surface area contributed by atoms with E-state index in [1.807, 2.05) is 0 Å². The summed E-state index contributed by atoms with van der Waals surface area (Å²) in [6, 6.07) is 0. The van der Waals surface area contributed by atoms with E-state index in [1.54, 1.807) is 0 Å². The Morgan fingerprint density at radius 1 is 0.492 bits per heavy atom. The third-order valence-corrected chi connectivity index (χ3v) is 12.5.